The molecule has 0 aliphatic carbocycles. The Labute approximate surface area is 114 Å². The Kier molecular flexibility index (Phi) is 5.47. The quantitative estimate of drug-likeness (QED) is 0.692. The van der Waals surface area contributed by atoms with Crippen molar-refractivity contribution in [3.63, 3.8) is 0 Å². The van der Waals surface area contributed by atoms with Crippen LogP contribution in [0.25, 0.3) is 0 Å². The molecule has 6 nitrogen and oxygen atoms in total. The number of nitrogens with two attached hydrogens (primary N) is 1. The molecule has 0 aromatic carbocycles. The smallest absolute Gasteiger partial charge is 0.291 e. The molecule has 1 atom stereocenters. The maximum Gasteiger partial charge on any atom is 0.291 e. The number of rotatable bonds is 7. The average Bonchev–Trinajstić information content (AvgIpc) is 2.77. The van der Waals surface area contributed by atoms with Gasteiger partial charge in [-0.05, 0) is 25.7 Å². The molecule has 1 aromatic rings. The van der Waals surface area contributed by atoms with E-state index in [0.717, 1.165) is 25.1 Å². The number of aromatic amines is 1. The molecule has 4 N–H and O–H groups in total. The number of H-pyrrole nitrogens is 1. The molecule has 1 unspecified atom stereocenters. The van der Waals surface area contributed by atoms with Gasteiger partial charge in [0.1, 0.15) is 5.82 Å². The zero-order valence-electron chi connectivity index (χ0n) is 12.3. The molecular formula is C13H25N5O. The summed E-state index contributed by atoms with van der Waals surface area (Å²) < 4.78 is 0. The molecule has 1 rings (SSSR count). The van der Waals surface area contributed by atoms with Crippen molar-refractivity contribution < 1.29 is 4.79 Å². The normalized spacial score (nSPS) is 14.4. The Hall–Kier alpha value is -1.43. The van der Waals surface area contributed by atoms with Gasteiger partial charge in [-0.2, -0.15) is 0 Å². The summed E-state index contributed by atoms with van der Waals surface area (Å²) in [7, 11) is 0. The van der Waals surface area contributed by atoms with Crippen LogP contribution in [0.2, 0.25) is 0 Å². The van der Waals surface area contributed by atoms with Crippen molar-refractivity contribution >= 4 is 5.91 Å². The second kappa shape index (κ2) is 6.65. The van der Waals surface area contributed by atoms with E-state index in [9.17, 15) is 4.79 Å². The van der Waals surface area contributed by atoms with E-state index in [-0.39, 0.29) is 11.7 Å². The summed E-state index contributed by atoms with van der Waals surface area (Å²) in [5.74, 6) is 1.11. The Morgan fingerprint density at radius 3 is 2.74 bits per heavy atom. The molecule has 0 saturated heterocycles. The molecule has 0 fully saturated rings. The van der Waals surface area contributed by atoms with Crippen molar-refractivity contribution in [2.24, 2.45) is 11.7 Å². The summed E-state index contributed by atoms with van der Waals surface area (Å²) in [6.07, 6.45) is 2.58. The highest BCUT2D eigenvalue weighted by Gasteiger charge is 2.27. The van der Waals surface area contributed by atoms with Crippen LogP contribution >= 0.6 is 0 Å². The van der Waals surface area contributed by atoms with Crippen molar-refractivity contribution in [2.75, 3.05) is 6.54 Å². The van der Waals surface area contributed by atoms with Crippen LogP contribution in [0, 0.1) is 5.92 Å². The maximum atomic E-state index is 12.1. The first-order chi connectivity index (χ1) is 8.90. The highest BCUT2D eigenvalue weighted by molar-refractivity contribution is 5.90. The summed E-state index contributed by atoms with van der Waals surface area (Å²) in [6, 6.07) is 0. The van der Waals surface area contributed by atoms with Gasteiger partial charge in [-0.3, -0.25) is 9.89 Å². The molecule has 0 bridgehead atoms. The standard InChI is InChI=1S/C13H25N5O/c1-5-6-10-15-11(18-17-10)12(19)16-13(4,8-14)7-9(2)3/h9H,5-8,14H2,1-4H3,(H,16,19)(H,15,17,18). The summed E-state index contributed by atoms with van der Waals surface area (Å²) in [5.41, 5.74) is 5.35. The predicted molar refractivity (Wildman–Crippen MR) is 74.8 cm³/mol. The van der Waals surface area contributed by atoms with Crippen LogP contribution in [-0.2, 0) is 6.42 Å². The van der Waals surface area contributed by atoms with Crippen LogP contribution in [0.3, 0.4) is 0 Å². The van der Waals surface area contributed by atoms with Gasteiger partial charge in [0.2, 0.25) is 5.82 Å². The predicted octanol–water partition coefficient (Wildman–Crippen LogP) is 1.25. The molecule has 0 aliphatic rings. The average molecular weight is 267 g/mol. The van der Waals surface area contributed by atoms with E-state index in [1.54, 1.807) is 0 Å². The van der Waals surface area contributed by atoms with E-state index < -0.39 is 5.54 Å². The van der Waals surface area contributed by atoms with Crippen LogP contribution in [-0.4, -0.2) is 33.2 Å². The summed E-state index contributed by atoms with van der Waals surface area (Å²) >= 11 is 0. The number of carbonyl (C=O) groups excluding carboxylic acids is 1. The molecule has 1 amide bonds. The molecule has 19 heavy (non-hydrogen) atoms. The SMILES string of the molecule is CCCc1nc(C(=O)NC(C)(CN)CC(C)C)n[nH]1. The minimum Gasteiger partial charge on any atom is -0.343 e. The highest BCUT2D eigenvalue weighted by atomic mass is 16.2. The Morgan fingerprint density at radius 1 is 1.53 bits per heavy atom. The second-order valence-electron chi connectivity index (χ2n) is 5.67. The van der Waals surface area contributed by atoms with Gasteiger partial charge >= 0.3 is 0 Å². The van der Waals surface area contributed by atoms with E-state index in [4.69, 9.17) is 5.73 Å². The van der Waals surface area contributed by atoms with Crippen molar-refractivity contribution in [3.8, 4) is 0 Å². The van der Waals surface area contributed by atoms with E-state index >= 15 is 0 Å². The van der Waals surface area contributed by atoms with Gasteiger partial charge in [-0.15, -0.1) is 5.10 Å². The lowest BCUT2D eigenvalue weighted by atomic mass is 9.90. The zero-order valence-corrected chi connectivity index (χ0v) is 12.3. The van der Waals surface area contributed by atoms with Crippen molar-refractivity contribution in [1.82, 2.24) is 20.5 Å². The number of nitrogens with one attached hydrogen (secondary N) is 2. The van der Waals surface area contributed by atoms with Crippen LogP contribution in [0.15, 0.2) is 0 Å². The van der Waals surface area contributed by atoms with Crippen molar-refractivity contribution in [2.45, 2.75) is 52.5 Å². The number of carbonyl (C=O) groups is 1. The first-order valence-corrected chi connectivity index (χ1v) is 6.84. The molecule has 0 radical (unpaired) electrons. The van der Waals surface area contributed by atoms with Gasteiger partial charge in [0.25, 0.3) is 5.91 Å². The van der Waals surface area contributed by atoms with E-state index in [1.807, 2.05) is 6.92 Å². The summed E-state index contributed by atoms with van der Waals surface area (Å²) in [4.78, 5) is 16.3. The van der Waals surface area contributed by atoms with Gasteiger partial charge in [0.15, 0.2) is 0 Å². The fraction of sp³-hybridized carbons (Fsp3) is 0.769. The van der Waals surface area contributed by atoms with Crippen LogP contribution < -0.4 is 11.1 Å². The van der Waals surface area contributed by atoms with Gasteiger partial charge in [0.05, 0.1) is 5.54 Å². The molecule has 1 aromatic heterocycles. The fourth-order valence-electron chi connectivity index (χ4n) is 2.16. The van der Waals surface area contributed by atoms with Gasteiger partial charge in [-0.1, -0.05) is 20.8 Å². The summed E-state index contributed by atoms with van der Waals surface area (Å²) in [6.45, 7) is 8.60. The van der Waals surface area contributed by atoms with Crippen molar-refractivity contribution in [3.05, 3.63) is 11.6 Å². The minimum absolute atomic E-state index is 0.187. The minimum atomic E-state index is -0.420. The Balaban J connectivity index is 2.70. The van der Waals surface area contributed by atoms with E-state index in [0.29, 0.717) is 12.5 Å². The second-order valence-corrected chi connectivity index (χ2v) is 5.67. The fourth-order valence-corrected chi connectivity index (χ4v) is 2.16. The third kappa shape index (κ3) is 4.63. The monoisotopic (exact) mass is 267 g/mol. The third-order valence-corrected chi connectivity index (χ3v) is 2.95. The van der Waals surface area contributed by atoms with Crippen LogP contribution in [0.4, 0.5) is 0 Å². The lowest BCUT2D eigenvalue weighted by Crippen LogP contribution is -2.52. The van der Waals surface area contributed by atoms with Gasteiger partial charge in [-0.25, -0.2) is 4.98 Å². The lowest BCUT2D eigenvalue weighted by molar-refractivity contribution is 0.0888. The molecule has 108 valence electrons. The van der Waals surface area contributed by atoms with Crippen molar-refractivity contribution in [1.29, 1.82) is 0 Å². The van der Waals surface area contributed by atoms with Gasteiger partial charge < -0.3 is 11.1 Å². The topological polar surface area (TPSA) is 96.7 Å². The van der Waals surface area contributed by atoms with Crippen LogP contribution in [0.1, 0.15) is 57.0 Å². The number of hydrogen-bond donors (Lipinski definition) is 3. The molecule has 0 spiro atoms. The maximum absolute atomic E-state index is 12.1. The molecule has 6 heteroatoms. The Bertz CT molecular complexity index is 415. The highest BCUT2D eigenvalue weighted by Crippen LogP contribution is 2.15. The third-order valence-electron chi connectivity index (χ3n) is 2.95. The molecule has 0 saturated carbocycles. The van der Waals surface area contributed by atoms with Crippen LogP contribution in [0.5, 0.6) is 0 Å². The zero-order chi connectivity index (χ0) is 14.5. The number of aromatic nitrogens is 3. The molecule has 1 heterocycles. The molecular weight excluding hydrogens is 242 g/mol. The lowest BCUT2D eigenvalue weighted by Gasteiger charge is -2.30. The van der Waals surface area contributed by atoms with E-state index in [1.165, 1.54) is 0 Å². The first kappa shape index (κ1) is 15.6. The van der Waals surface area contributed by atoms with E-state index in [2.05, 4.69) is 41.3 Å². The number of hydrogen-bond acceptors (Lipinski definition) is 4. The van der Waals surface area contributed by atoms with Gasteiger partial charge in [0, 0.05) is 13.0 Å². The number of aryl methyl sites for hydroxylation is 1. The largest absolute Gasteiger partial charge is 0.343 e. The first-order valence-electron chi connectivity index (χ1n) is 6.84. The number of nitrogens with zero attached hydrogens (tertiary/aromatic N) is 2. The number of amides is 1. The molecule has 0 aliphatic heterocycles. The summed E-state index contributed by atoms with van der Waals surface area (Å²) in [5, 5.41) is 9.66. The Morgan fingerprint density at radius 2 is 2.21 bits per heavy atom.